The minimum atomic E-state index is 0.310. The van der Waals surface area contributed by atoms with Crippen LogP contribution in [0.1, 0.15) is 24.2 Å². The van der Waals surface area contributed by atoms with Gasteiger partial charge in [0.1, 0.15) is 11.6 Å². The molecule has 136 valence electrons. The number of fused-ring (bicyclic) bond motifs is 1. The van der Waals surface area contributed by atoms with Crippen LogP contribution >= 0.6 is 0 Å². The molecule has 1 aromatic heterocycles. The van der Waals surface area contributed by atoms with E-state index in [0.29, 0.717) is 6.10 Å². The molecule has 0 saturated carbocycles. The lowest BCUT2D eigenvalue weighted by Gasteiger charge is -2.24. The maximum absolute atomic E-state index is 5.87. The standard InChI is InChI=1S/C21H25N3O2/c1-25-17-7-4-6-16(12-17)13-24(14-18-8-5-11-26-18)15-21-22-19-9-2-3-10-20(19)23-21/h2-4,6-7,9-10,12,18H,5,8,11,13-15H2,1H3,(H,22,23)/t18-/m1/s1. The van der Waals surface area contributed by atoms with E-state index < -0.39 is 0 Å². The van der Waals surface area contributed by atoms with Gasteiger partial charge in [0.2, 0.25) is 0 Å². The van der Waals surface area contributed by atoms with Gasteiger partial charge in [-0.25, -0.2) is 4.98 Å². The molecule has 1 aliphatic rings. The molecule has 4 rings (SSSR count). The van der Waals surface area contributed by atoms with E-state index in [2.05, 4.69) is 28.1 Å². The predicted octanol–water partition coefficient (Wildman–Crippen LogP) is 3.75. The zero-order valence-electron chi connectivity index (χ0n) is 15.1. The molecule has 2 aromatic carbocycles. The molecule has 2 heterocycles. The van der Waals surface area contributed by atoms with Crippen LogP contribution in [0.4, 0.5) is 0 Å². The van der Waals surface area contributed by atoms with Crippen molar-refractivity contribution in [3.63, 3.8) is 0 Å². The summed E-state index contributed by atoms with van der Waals surface area (Å²) in [6.07, 6.45) is 2.60. The molecule has 5 nitrogen and oxygen atoms in total. The summed E-state index contributed by atoms with van der Waals surface area (Å²) in [6.45, 7) is 3.40. The van der Waals surface area contributed by atoms with Crippen LogP contribution < -0.4 is 4.74 Å². The highest BCUT2D eigenvalue weighted by Crippen LogP contribution is 2.20. The molecule has 1 fully saturated rings. The molecule has 1 N–H and O–H groups in total. The number of methoxy groups -OCH3 is 1. The van der Waals surface area contributed by atoms with Crippen LogP contribution in [0.2, 0.25) is 0 Å². The summed E-state index contributed by atoms with van der Waals surface area (Å²) in [7, 11) is 1.71. The first-order chi connectivity index (χ1) is 12.8. The van der Waals surface area contributed by atoms with E-state index in [0.717, 1.165) is 61.7 Å². The maximum Gasteiger partial charge on any atom is 0.121 e. The van der Waals surface area contributed by atoms with Crippen LogP contribution in [-0.2, 0) is 17.8 Å². The van der Waals surface area contributed by atoms with E-state index in [1.165, 1.54) is 5.56 Å². The van der Waals surface area contributed by atoms with Crippen molar-refractivity contribution in [1.82, 2.24) is 14.9 Å². The third-order valence-corrected chi connectivity index (χ3v) is 4.84. The van der Waals surface area contributed by atoms with Crippen molar-refractivity contribution < 1.29 is 9.47 Å². The van der Waals surface area contributed by atoms with Gasteiger partial charge in [0, 0.05) is 19.7 Å². The fourth-order valence-corrected chi connectivity index (χ4v) is 3.58. The van der Waals surface area contributed by atoms with E-state index in [4.69, 9.17) is 14.5 Å². The Hall–Kier alpha value is -2.37. The Morgan fingerprint density at radius 2 is 2.12 bits per heavy atom. The summed E-state index contributed by atoms with van der Waals surface area (Å²) in [5.74, 6) is 1.88. The topological polar surface area (TPSA) is 50.4 Å². The number of hydrogen-bond acceptors (Lipinski definition) is 4. The van der Waals surface area contributed by atoms with Gasteiger partial charge in [-0.1, -0.05) is 24.3 Å². The number of aromatic amines is 1. The molecular formula is C21H25N3O2. The van der Waals surface area contributed by atoms with Crippen LogP contribution in [0.15, 0.2) is 48.5 Å². The van der Waals surface area contributed by atoms with Crippen LogP contribution in [0.5, 0.6) is 5.75 Å². The van der Waals surface area contributed by atoms with Gasteiger partial charge >= 0.3 is 0 Å². The monoisotopic (exact) mass is 351 g/mol. The van der Waals surface area contributed by atoms with E-state index in [-0.39, 0.29) is 0 Å². The molecule has 1 aliphatic heterocycles. The number of nitrogens with zero attached hydrogens (tertiary/aromatic N) is 2. The Labute approximate surface area is 153 Å². The van der Waals surface area contributed by atoms with Gasteiger partial charge in [-0.05, 0) is 42.7 Å². The zero-order valence-corrected chi connectivity index (χ0v) is 15.1. The largest absolute Gasteiger partial charge is 0.497 e. The molecule has 26 heavy (non-hydrogen) atoms. The van der Waals surface area contributed by atoms with E-state index in [1.54, 1.807) is 7.11 Å². The fourth-order valence-electron chi connectivity index (χ4n) is 3.58. The first-order valence-corrected chi connectivity index (χ1v) is 9.20. The number of para-hydroxylation sites is 2. The minimum Gasteiger partial charge on any atom is -0.497 e. The van der Waals surface area contributed by atoms with Crippen LogP contribution in [0, 0.1) is 0 Å². The van der Waals surface area contributed by atoms with Crippen LogP contribution in [-0.4, -0.2) is 41.2 Å². The van der Waals surface area contributed by atoms with Gasteiger partial charge < -0.3 is 14.5 Å². The number of imidazole rings is 1. The number of hydrogen-bond donors (Lipinski definition) is 1. The highest BCUT2D eigenvalue weighted by atomic mass is 16.5. The van der Waals surface area contributed by atoms with Crippen molar-refractivity contribution in [3.8, 4) is 5.75 Å². The Morgan fingerprint density at radius 1 is 1.19 bits per heavy atom. The first kappa shape index (κ1) is 17.1. The average Bonchev–Trinajstić information content (AvgIpc) is 3.30. The Morgan fingerprint density at radius 3 is 2.92 bits per heavy atom. The van der Waals surface area contributed by atoms with Crippen molar-refractivity contribution in [2.75, 3.05) is 20.3 Å². The number of ether oxygens (including phenoxy) is 2. The minimum absolute atomic E-state index is 0.310. The Balaban J connectivity index is 1.52. The van der Waals surface area contributed by atoms with Crippen molar-refractivity contribution in [2.45, 2.75) is 32.0 Å². The summed E-state index contributed by atoms with van der Waals surface area (Å²) in [5.41, 5.74) is 3.33. The zero-order chi connectivity index (χ0) is 17.8. The molecule has 0 bridgehead atoms. The number of aromatic nitrogens is 2. The second-order valence-corrected chi connectivity index (χ2v) is 6.86. The molecule has 0 unspecified atom stereocenters. The summed E-state index contributed by atoms with van der Waals surface area (Å²) in [6, 6.07) is 16.4. The Kier molecular flexibility index (Phi) is 5.18. The second kappa shape index (κ2) is 7.89. The van der Waals surface area contributed by atoms with Gasteiger partial charge in [0.15, 0.2) is 0 Å². The number of H-pyrrole nitrogens is 1. The molecule has 5 heteroatoms. The van der Waals surface area contributed by atoms with Gasteiger partial charge in [0.05, 0.1) is 30.8 Å². The van der Waals surface area contributed by atoms with Gasteiger partial charge in [0.25, 0.3) is 0 Å². The molecule has 1 atom stereocenters. The van der Waals surface area contributed by atoms with E-state index >= 15 is 0 Å². The predicted molar refractivity (Wildman–Crippen MR) is 102 cm³/mol. The quantitative estimate of drug-likeness (QED) is 0.704. The first-order valence-electron chi connectivity index (χ1n) is 9.20. The maximum atomic E-state index is 5.87. The Bertz CT molecular complexity index is 822. The number of rotatable bonds is 7. The third kappa shape index (κ3) is 4.06. The van der Waals surface area contributed by atoms with Gasteiger partial charge in [-0.3, -0.25) is 4.90 Å². The number of nitrogens with one attached hydrogen (secondary N) is 1. The third-order valence-electron chi connectivity index (χ3n) is 4.84. The SMILES string of the molecule is COc1cccc(CN(Cc2nc3ccccc3[nH]2)C[C@H]2CCCO2)c1. The lowest BCUT2D eigenvalue weighted by molar-refractivity contribution is 0.0671. The average molecular weight is 351 g/mol. The van der Waals surface area contributed by atoms with Gasteiger partial charge in [-0.15, -0.1) is 0 Å². The van der Waals surface area contributed by atoms with Crippen molar-refractivity contribution in [2.24, 2.45) is 0 Å². The highest BCUT2D eigenvalue weighted by Gasteiger charge is 2.20. The summed E-state index contributed by atoms with van der Waals surface area (Å²) in [5, 5.41) is 0. The fraction of sp³-hybridized carbons (Fsp3) is 0.381. The van der Waals surface area contributed by atoms with Crippen molar-refractivity contribution in [3.05, 3.63) is 59.9 Å². The molecule has 3 aromatic rings. The lowest BCUT2D eigenvalue weighted by Crippen LogP contribution is -2.31. The molecular weight excluding hydrogens is 326 g/mol. The van der Waals surface area contributed by atoms with E-state index in [9.17, 15) is 0 Å². The van der Waals surface area contributed by atoms with Gasteiger partial charge in [-0.2, -0.15) is 0 Å². The van der Waals surface area contributed by atoms with Crippen molar-refractivity contribution in [1.29, 1.82) is 0 Å². The van der Waals surface area contributed by atoms with Crippen molar-refractivity contribution >= 4 is 11.0 Å². The molecule has 1 saturated heterocycles. The second-order valence-electron chi connectivity index (χ2n) is 6.86. The molecule has 0 spiro atoms. The van der Waals surface area contributed by atoms with E-state index in [1.807, 2.05) is 30.3 Å². The molecule has 0 aliphatic carbocycles. The summed E-state index contributed by atoms with van der Waals surface area (Å²) < 4.78 is 11.2. The van der Waals surface area contributed by atoms with Crippen LogP contribution in [0.3, 0.4) is 0 Å². The summed E-state index contributed by atoms with van der Waals surface area (Å²) in [4.78, 5) is 10.6. The van der Waals surface area contributed by atoms with Crippen LogP contribution in [0.25, 0.3) is 11.0 Å². The lowest BCUT2D eigenvalue weighted by atomic mass is 10.1. The molecule has 0 amide bonds. The number of benzene rings is 2. The highest BCUT2D eigenvalue weighted by molar-refractivity contribution is 5.74. The normalized spacial score (nSPS) is 17.2. The molecule has 0 radical (unpaired) electrons. The smallest absolute Gasteiger partial charge is 0.121 e. The summed E-state index contributed by atoms with van der Waals surface area (Å²) >= 11 is 0.